The molecule has 2 nitrogen and oxygen atoms in total. The first kappa shape index (κ1) is 12.2. The van der Waals surface area contributed by atoms with Gasteiger partial charge in [-0.3, -0.25) is 4.79 Å². The highest BCUT2D eigenvalue weighted by molar-refractivity contribution is 5.79. The predicted octanol–water partition coefficient (Wildman–Crippen LogP) is 3.88. The van der Waals surface area contributed by atoms with Crippen molar-refractivity contribution in [1.29, 1.82) is 0 Å². The molecule has 0 radical (unpaired) electrons. The van der Waals surface area contributed by atoms with Crippen molar-refractivity contribution in [3.8, 4) is 11.5 Å². The molecule has 4 heteroatoms. The normalized spacial score (nSPS) is 10.2. The number of benzene rings is 2. The molecule has 2 aromatic carbocycles. The van der Waals surface area contributed by atoms with E-state index >= 15 is 0 Å². The summed E-state index contributed by atoms with van der Waals surface area (Å²) >= 11 is 0. The zero-order chi connectivity index (χ0) is 13.1. The van der Waals surface area contributed by atoms with E-state index in [9.17, 15) is 13.6 Å². The second-order valence-electron chi connectivity index (χ2n) is 3.81. The topological polar surface area (TPSA) is 26.3 Å². The summed E-state index contributed by atoms with van der Waals surface area (Å²) in [5, 5.41) is 0. The minimum atomic E-state index is -0.527. The summed E-state index contributed by atoms with van der Waals surface area (Å²) in [7, 11) is 0. The molecule has 0 aliphatic rings. The van der Waals surface area contributed by atoms with Crippen LogP contribution in [0.5, 0.6) is 11.5 Å². The van der Waals surface area contributed by atoms with Crippen LogP contribution in [0, 0.1) is 18.6 Å². The SMILES string of the molecule is Cc1ccc(F)cc1Oc1ccc(F)cc1C=O. The van der Waals surface area contributed by atoms with E-state index in [1.54, 1.807) is 13.0 Å². The second kappa shape index (κ2) is 4.96. The maximum absolute atomic E-state index is 13.1. The molecule has 0 spiro atoms. The molecule has 0 N–H and O–H groups in total. The molecule has 0 atom stereocenters. The van der Waals surface area contributed by atoms with Crippen molar-refractivity contribution in [2.24, 2.45) is 0 Å². The van der Waals surface area contributed by atoms with Crippen molar-refractivity contribution < 1.29 is 18.3 Å². The minimum Gasteiger partial charge on any atom is -0.456 e. The maximum Gasteiger partial charge on any atom is 0.153 e. The fourth-order valence-electron chi connectivity index (χ4n) is 1.51. The van der Waals surface area contributed by atoms with Crippen LogP contribution in [0.3, 0.4) is 0 Å². The molecule has 0 saturated carbocycles. The van der Waals surface area contributed by atoms with Gasteiger partial charge in [0.15, 0.2) is 6.29 Å². The molecular weight excluding hydrogens is 238 g/mol. The van der Waals surface area contributed by atoms with Crippen LogP contribution in [0.15, 0.2) is 36.4 Å². The average molecular weight is 248 g/mol. The van der Waals surface area contributed by atoms with Crippen LogP contribution in [0.25, 0.3) is 0 Å². The number of aldehydes is 1. The van der Waals surface area contributed by atoms with Crippen molar-refractivity contribution >= 4 is 6.29 Å². The summed E-state index contributed by atoms with van der Waals surface area (Å²) < 4.78 is 31.5. The molecule has 2 rings (SSSR count). The van der Waals surface area contributed by atoms with Gasteiger partial charge in [-0.1, -0.05) is 6.07 Å². The van der Waals surface area contributed by atoms with Gasteiger partial charge in [-0.2, -0.15) is 0 Å². The van der Waals surface area contributed by atoms with Crippen LogP contribution in [0.2, 0.25) is 0 Å². The number of halogens is 2. The number of hydrogen-bond donors (Lipinski definition) is 0. The van der Waals surface area contributed by atoms with Gasteiger partial charge in [0.25, 0.3) is 0 Å². The van der Waals surface area contributed by atoms with Gasteiger partial charge in [0.2, 0.25) is 0 Å². The molecule has 2 aromatic rings. The summed E-state index contributed by atoms with van der Waals surface area (Å²) in [5.74, 6) is -0.476. The number of hydrogen-bond acceptors (Lipinski definition) is 2. The first-order valence-corrected chi connectivity index (χ1v) is 5.29. The van der Waals surface area contributed by atoms with Gasteiger partial charge >= 0.3 is 0 Å². The lowest BCUT2D eigenvalue weighted by Gasteiger charge is -2.10. The Kier molecular flexibility index (Phi) is 3.37. The molecule has 0 amide bonds. The number of rotatable bonds is 3. The highest BCUT2D eigenvalue weighted by Gasteiger charge is 2.08. The first-order chi connectivity index (χ1) is 8.60. The lowest BCUT2D eigenvalue weighted by Crippen LogP contribution is -1.94. The molecule has 0 aliphatic carbocycles. The maximum atomic E-state index is 13.1. The summed E-state index contributed by atoms with van der Waals surface area (Å²) in [4.78, 5) is 10.8. The van der Waals surface area contributed by atoms with Crippen LogP contribution in [0.1, 0.15) is 15.9 Å². The van der Waals surface area contributed by atoms with Crippen molar-refractivity contribution in [2.75, 3.05) is 0 Å². The van der Waals surface area contributed by atoms with Gasteiger partial charge in [0.1, 0.15) is 23.1 Å². The summed E-state index contributed by atoms with van der Waals surface area (Å²) in [6, 6.07) is 7.67. The zero-order valence-corrected chi connectivity index (χ0v) is 9.61. The van der Waals surface area contributed by atoms with Crippen LogP contribution in [-0.2, 0) is 0 Å². The Morgan fingerprint density at radius 2 is 1.67 bits per heavy atom. The fraction of sp³-hybridized carbons (Fsp3) is 0.0714. The van der Waals surface area contributed by atoms with Gasteiger partial charge in [-0.05, 0) is 36.8 Å². The monoisotopic (exact) mass is 248 g/mol. The molecule has 0 aromatic heterocycles. The van der Waals surface area contributed by atoms with Gasteiger partial charge in [-0.15, -0.1) is 0 Å². The van der Waals surface area contributed by atoms with E-state index in [0.717, 1.165) is 11.6 Å². The minimum absolute atomic E-state index is 0.0821. The third-order valence-electron chi connectivity index (χ3n) is 2.47. The number of carbonyl (C=O) groups is 1. The summed E-state index contributed by atoms with van der Waals surface area (Å²) in [5.41, 5.74) is 0.802. The van der Waals surface area contributed by atoms with Crippen molar-refractivity contribution in [1.82, 2.24) is 0 Å². The standard InChI is InChI=1S/C14H10F2O2/c1-9-2-3-12(16)7-14(9)18-13-5-4-11(15)6-10(13)8-17/h2-8H,1H3. The van der Waals surface area contributed by atoms with Crippen molar-refractivity contribution in [2.45, 2.75) is 6.92 Å². The lowest BCUT2D eigenvalue weighted by molar-refractivity contribution is 0.112. The van der Waals surface area contributed by atoms with E-state index in [1.807, 2.05) is 0 Å². The first-order valence-electron chi connectivity index (χ1n) is 5.29. The van der Waals surface area contributed by atoms with Gasteiger partial charge in [-0.25, -0.2) is 8.78 Å². The Morgan fingerprint density at radius 1 is 1.00 bits per heavy atom. The fourth-order valence-corrected chi connectivity index (χ4v) is 1.51. The second-order valence-corrected chi connectivity index (χ2v) is 3.81. The smallest absolute Gasteiger partial charge is 0.153 e. The van der Waals surface area contributed by atoms with Crippen LogP contribution in [0.4, 0.5) is 8.78 Å². The third kappa shape index (κ3) is 2.53. The highest BCUT2D eigenvalue weighted by atomic mass is 19.1. The summed E-state index contributed by atoms with van der Waals surface area (Å²) in [6.07, 6.45) is 0.493. The Morgan fingerprint density at radius 3 is 2.39 bits per heavy atom. The summed E-state index contributed by atoms with van der Waals surface area (Å²) in [6.45, 7) is 1.75. The van der Waals surface area contributed by atoms with Crippen molar-refractivity contribution in [3.05, 3.63) is 59.2 Å². The van der Waals surface area contributed by atoms with Crippen LogP contribution < -0.4 is 4.74 Å². The van der Waals surface area contributed by atoms with E-state index in [1.165, 1.54) is 24.3 Å². The van der Waals surface area contributed by atoms with E-state index in [4.69, 9.17) is 4.74 Å². The average Bonchev–Trinajstić information content (AvgIpc) is 2.36. The van der Waals surface area contributed by atoms with E-state index < -0.39 is 11.6 Å². The Balaban J connectivity index is 2.39. The quantitative estimate of drug-likeness (QED) is 0.770. The molecule has 0 heterocycles. The number of aryl methyl sites for hydroxylation is 1. The van der Waals surface area contributed by atoms with Gasteiger partial charge in [0, 0.05) is 6.07 Å². The third-order valence-corrected chi connectivity index (χ3v) is 2.47. The molecule has 0 bridgehead atoms. The number of carbonyl (C=O) groups excluding carboxylic acids is 1. The van der Waals surface area contributed by atoms with Crippen LogP contribution >= 0.6 is 0 Å². The van der Waals surface area contributed by atoms with Gasteiger partial charge in [0.05, 0.1) is 5.56 Å². The highest BCUT2D eigenvalue weighted by Crippen LogP contribution is 2.28. The van der Waals surface area contributed by atoms with Gasteiger partial charge < -0.3 is 4.74 Å². The van der Waals surface area contributed by atoms with E-state index in [2.05, 4.69) is 0 Å². The van der Waals surface area contributed by atoms with E-state index in [-0.39, 0.29) is 11.3 Å². The largest absolute Gasteiger partial charge is 0.456 e. The zero-order valence-electron chi connectivity index (χ0n) is 9.61. The van der Waals surface area contributed by atoms with Crippen molar-refractivity contribution in [3.63, 3.8) is 0 Å². The molecule has 0 unspecified atom stereocenters. The molecule has 0 aliphatic heterocycles. The number of ether oxygens (including phenoxy) is 1. The predicted molar refractivity (Wildman–Crippen MR) is 63.0 cm³/mol. The Hall–Kier alpha value is -2.23. The molecule has 18 heavy (non-hydrogen) atoms. The van der Waals surface area contributed by atoms with Crippen LogP contribution in [-0.4, -0.2) is 6.29 Å². The molecular formula is C14H10F2O2. The Bertz CT molecular complexity index is 594. The van der Waals surface area contributed by atoms with E-state index in [0.29, 0.717) is 12.0 Å². The molecule has 0 fully saturated rings. The Labute approximate surface area is 103 Å². The molecule has 0 saturated heterocycles. The lowest BCUT2D eigenvalue weighted by atomic mass is 10.2. The molecule has 92 valence electrons.